The highest BCUT2D eigenvalue weighted by molar-refractivity contribution is 6.31. The number of benzene rings is 2. The molecule has 1 saturated heterocycles. The van der Waals surface area contributed by atoms with Gasteiger partial charge in [0.1, 0.15) is 0 Å². The van der Waals surface area contributed by atoms with Crippen LogP contribution in [0.1, 0.15) is 12.5 Å². The Morgan fingerprint density at radius 2 is 1.88 bits per heavy atom. The predicted molar refractivity (Wildman–Crippen MR) is 129 cm³/mol. The molecule has 2 aliphatic heterocycles. The second-order valence-corrected chi connectivity index (χ2v) is 8.51. The van der Waals surface area contributed by atoms with Crippen molar-refractivity contribution < 1.29 is 4.79 Å². The Kier molecular flexibility index (Phi) is 5.68. The number of halogens is 1. The molecule has 164 valence electrons. The van der Waals surface area contributed by atoms with Gasteiger partial charge in [-0.3, -0.25) is 4.79 Å². The van der Waals surface area contributed by atoms with Crippen LogP contribution >= 0.6 is 11.6 Å². The van der Waals surface area contributed by atoms with E-state index in [1.807, 2.05) is 6.07 Å². The second kappa shape index (κ2) is 8.76. The summed E-state index contributed by atoms with van der Waals surface area (Å²) in [7, 11) is 0. The fourth-order valence-corrected chi connectivity index (χ4v) is 4.40. The molecule has 0 saturated carbocycles. The highest BCUT2D eigenvalue weighted by atomic mass is 35.5. The normalized spacial score (nSPS) is 16.1. The molecule has 1 aromatic heterocycles. The topological polar surface area (TPSA) is 73.4 Å². The van der Waals surface area contributed by atoms with Gasteiger partial charge in [-0.25, -0.2) is 9.97 Å². The largest absolute Gasteiger partial charge is 0.369 e. The summed E-state index contributed by atoms with van der Waals surface area (Å²) in [6, 6.07) is 13.8. The number of carbonyl (C=O) groups excluding carboxylic acids is 1. The molecule has 8 heteroatoms. The lowest BCUT2D eigenvalue weighted by Crippen LogP contribution is -2.46. The summed E-state index contributed by atoms with van der Waals surface area (Å²) in [5.74, 6) is 0.384. The third-order valence-corrected chi connectivity index (χ3v) is 6.27. The van der Waals surface area contributed by atoms with Crippen molar-refractivity contribution in [1.82, 2.24) is 14.9 Å². The van der Waals surface area contributed by atoms with Crippen LogP contribution in [0.25, 0.3) is 11.3 Å². The van der Waals surface area contributed by atoms with Gasteiger partial charge in [0, 0.05) is 59.9 Å². The van der Waals surface area contributed by atoms with Gasteiger partial charge in [-0.2, -0.15) is 0 Å². The number of aromatic nitrogens is 2. The minimum atomic E-state index is -0.105. The van der Waals surface area contributed by atoms with Crippen LogP contribution in [0.4, 0.5) is 23.0 Å². The molecule has 32 heavy (non-hydrogen) atoms. The standard InChI is InChI=1S/C24H25ClN6O/c1-2-30-9-11-31(12-10-30)19-6-4-18(5-7-19)27-24-26-15-16-13-22(32)28-21-14-17(25)3-8-20(21)23(16)29-24/h3-8,14-15H,2,9-13H2,1H3,(H,28,32)(H,26,27,29). The summed E-state index contributed by atoms with van der Waals surface area (Å²) in [5, 5.41) is 6.76. The first-order chi connectivity index (χ1) is 15.6. The Balaban J connectivity index is 1.36. The molecule has 2 aliphatic rings. The molecule has 0 radical (unpaired) electrons. The van der Waals surface area contributed by atoms with Gasteiger partial charge in [0.2, 0.25) is 11.9 Å². The number of anilines is 4. The van der Waals surface area contributed by atoms with Crippen molar-refractivity contribution in [3.63, 3.8) is 0 Å². The number of amides is 1. The van der Waals surface area contributed by atoms with Gasteiger partial charge in [-0.05, 0) is 49.0 Å². The number of piperazine rings is 1. The van der Waals surface area contributed by atoms with Crippen LogP contribution in [-0.2, 0) is 11.2 Å². The Hall–Kier alpha value is -3.16. The van der Waals surface area contributed by atoms with Crippen molar-refractivity contribution >= 4 is 40.5 Å². The maximum Gasteiger partial charge on any atom is 0.228 e. The van der Waals surface area contributed by atoms with Crippen LogP contribution in [0.5, 0.6) is 0 Å². The Morgan fingerprint density at radius 3 is 2.62 bits per heavy atom. The number of likely N-dealkylation sites (N-methyl/N-ethyl adjacent to an activating group) is 1. The van der Waals surface area contributed by atoms with E-state index in [9.17, 15) is 4.79 Å². The van der Waals surface area contributed by atoms with Gasteiger partial charge in [0.05, 0.1) is 17.8 Å². The molecule has 3 heterocycles. The average Bonchev–Trinajstić information content (AvgIpc) is 2.94. The molecule has 0 aliphatic carbocycles. The predicted octanol–water partition coefficient (Wildman–Crippen LogP) is 4.18. The van der Waals surface area contributed by atoms with Gasteiger partial charge in [-0.1, -0.05) is 18.5 Å². The molecular weight excluding hydrogens is 424 g/mol. The molecular formula is C24H25ClN6O. The van der Waals surface area contributed by atoms with E-state index in [1.54, 1.807) is 18.3 Å². The van der Waals surface area contributed by atoms with Crippen molar-refractivity contribution in [3.05, 3.63) is 59.2 Å². The smallest absolute Gasteiger partial charge is 0.228 e. The molecule has 0 spiro atoms. The van der Waals surface area contributed by atoms with Gasteiger partial charge >= 0.3 is 0 Å². The molecule has 0 atom stereocenters. The quantitative estimate of drug-likeness (QED) is 0.623. The van der Waals surface area contributed by atoms with Crippen LogP contribution in [0, 0.1) is 0 Å². The van der Waals surface area contributed by atoms with Gasteiger partial charge in [0.25, 0.3) is 0 Å². The van der Waals surface area contributed by atoms with E-state index in [-0.39, 0.29) is 12.3 Å². The third kappa shape index (κ3) is 4.26. The molecule has 3 aromatic rings. The summed E-state index contributed by atoms with van der Waals surface area (Å²) in [4.78, 5) is 26.3. The number of nitrogens with zero attached hydrogens (tertiary/aromatic N) is 4. The van der Waals surface area contributed by atoms with Gasteiger partial charge < -0.3 is 20.4 Å². The van der Waals surface area contributed by atoms with Crippen LogP contribution < -0.4 is 15.5 Å². The van der Waals surface area contributed by atoms with E-state index < -0.39 is 0 Å². The Bertz CT molecular complexity index is 1140. The Labute approximate surface area is 192 Å². The molecule has 1 amide bonds. The SMILES string of the molecule is CCN1CCN(c2ccc(Nc3ncc4c(n3)-c3ccc(Cl)cc3NC(=O)C4)cc2)CC1. The Morgan fingerprint density at radius 1 is 1.09 bits per heavy atom. The lowest BCUT2D eigenvalue weighted by atomic mass is 10.1. The van der Waals surface area contributed by atoms with E-state index in [0.29, 0.717) is 16.7 Å². The summed E-state index contributed by atoms with van der Waals surface area (Å²) >= 11 is 6.12. The lowest BCUT2D eigenvalue weighted by molar-refractivity contribution is -0.115. The van der Waals surface area contributed by atoms with Gasteiger partial charge in [0.15, 0.2) is 0 Å². The fraction of sp³-hybridized carbons (Fsp3) is 0.292. The maximum absolute atomic E-state index is 12.3. The van der Waals surface area contributed by atoms with Crippen molar-refractivity contribution in [1.29, 1.82) is 0 Å². The number of hydrogen-bond donors (Lipinski definition) is 2. The first-order valence-electron chi connectivity index (χ1n) is 10.9. The number of rotatable bonds is 4. The van der Waals surface area contributed by atoms with Crippen molar-refractivity contribution in [2.24, 2.45) is 0 Å². The molecule has 2 N–H and O–H groups in total. The van der Waals surface area contributed by atoms with Crippen LogP contribution in [0.15, 0.2) is 48.7 Å². The summed E-state index contributed by atoms with van der Waals surface area (Å²) in [5.41, 5.74) is 5.17. The fourth-order valence-electron chi connectivity index (χ4n) is 4.23. The molecule has 0 unspecified atom stereocenters. The first kappa shape index (κ1) is 20.7. The van der Waals surface area contributed by atoms with E-state index in [2.05, 4.69) is 56.6 Å². The zero-order chi connectivity index (χ0) is 22.1. The lowest BCUT2D eigenvalue weighted by Gasteiger charge is -2.35. The van der Waals surface area contributed by atoms with Crippen LogP contribution in [0.2, 0.25) is 5.02 Å². The molecule has 0 bridgehead atoms. The highest BCUT2D eigenvalue weighted by Gasteiger charge is 2.21. The molecule has 5 rings (SSSR count). The second-order valence-electron chi connectivity index (χ2n) is 8.08. The zero-order valence-electron chi connectivity index (χ0n) is 17.9. The van der Waals surface area contributed by atoms with E-state index >= 15 is 0 Å². The summed E-state index contributed by atoms with van der Waals surface area (Å²) in [6.45, 7) is 7.62. The molecule has 1 fully saturated rings. The number of fused-ring (bicyclic) bond motifs is 3. The third-order valence-electron chi connectivity index (χ3n) is 6.03. The van der Waals surface area contributed by atoms with Crippen molar-refractivity contribution in [2.75, 3.05) is 48.3 Å². The minimum Gasteiger partial charge on any atom is -0.369 e. The molecule has 2 aromatic carbocycles. The first-order valence-corrected chi connectivity index (χ1v) is 11.3. The number of nitrogens with one attached hydrogen (secondary N) is 2. The van der Waals surface area contributed by atoms with Crippen LogP contribution in [-0.4, -0.2) is 53.5 Å². The highest BCUT2D eigenvalue weighted by Crippen LogP contribution is 2.35. The average molecular weight is 449 g/mol. The monoisotopic (exact) mass is 448 g/mol. The van der Waals surface area contributed by atoms with E-state index in [1.165, 1.54) is 5.69 Å². The maximum atomic E-state index is 12.3. The van der Waals surface area contributed by atoms with E-state index in [0.717, 1.165) is 55.2 Å². The van der Waals surface area contributed by atoms with Crippen molar-refractivity contribution in [3.8, 4) is 11.3 Å². The van der Waals surface area contributed by atoms with Crippen LogP contribution in [0.3, 0.4) is 0 Å². The summed E-state index contributed by atoms with van der Waals surface area (Å²) in [6.07, 6.45) is 1.94. The molecule has 7 nitrogen and oxygen atoms in total. The minimum absolute atomic E-state index is 0.105. The zero-order valence-corrected chi connectivity index (χ0v) is 18.7. The van der Waals surface area contributed by atoms with Gasteiger partial charge in [-0.15, -0.1) is 0 Å². The number of carbonyl (C=O) groups is 1. The van der Waals surface area contributed by atoms with E-state index in [4.69, 9.17) is 16.6 Å². The van der Waals surface area contributed by atoms with Crippen molar-refractivity contribution in [2.45, 2.75) is 13.3 Å². The number of hydrogen-bond acceptors (Lipinski definition) is 6. The summed E-state index contributed by atoms with van der Waals surface area (Å²) < 4.78 is 0.